The van der Waals surface area contributed by atoms with Crippen LogP contribution in [0.3, 0.4) is 0 Å². The van der Waals surface area contributed by atoms with Crippen molar-refractivity contribution < 1.29 is 24.2 Å². The van der Waals surface area contributed by atoms with Crippen LogP contribution in [0, 0.1) is 0 Å². The molecule has 2 aliphatic rings. The fourth-order valence-electron chi connectivity index (χ4n) is 4.11. The van der Waals surface area contributed by atoms with E-state index in [0.29, 0.717) is 28.6 Å². The van der Waals surface area contributed by atoms with Crippen molar-refractivity contribution in [3.63, 3.8) is 0 Å². The minimum atomic E-state index is -1.03. The Balaban J connectivity index is 1.50. The van der Waals surface area contributed by atoms with E-state index in [-0.39, 0.29) is 18.7 Å². The number of anilines is 1. The second kappa shape index (κ2) is 7.83. The number of hydrogen-bond donors (Lipinski definition) is 3. The summed E-state index contributed by atoms with van der Waals surface area (Å²) in [6, 6.07) is 12.3. The van der Waals surface area contributed by atoms with E-state index in [9.17, 15) is 9.59 Å². The number of halogens is 1. The Morgan fingerprint density at radius 1 is 1.21 bits per heavy atom. The van der Waals surface area contributed by atoms with Gasteiger partial charge >= 0.3 is 12.0 Å². The summed E-state index contributed by atoms with van der Waals surface area (Å²) in [5.74, 6) is 0.109. The van der Waals surface area contributed by atoms with E-state index in [1.807, 2.05) is 12.1 Å². The Kier molecular flexibility index (Phi) is 5.24. The molecule has 2 aromatic rings. The Morgan fingerprint density at radius 2 is 1.97 bits per heavy atom. The first-order valence-electron chi connectivity index (χ1n) is 9.45. The molecule has 7 nitrogen and oxygen atoms in total. The van der Waals surface area contributed by atoms with Gasteiger partial charge in [-0.3, -0.25) is 0 Å². The standard InChI is InChI=1S/C21H21ClN2O5/c22-17-5-1-4-16-19(17)23-20(27)24-21(16)10-2-3-15(11-21)29-14-8-6-13(7-9-14)28-12-18(25)26/h1,4-9,15H,2-3,10-12H2,(H,25,26)(H2,23,24,27). The monoisotopic (exact) mass is 416 g/mol. The molecule has 2 aromatic carbocycles. The first-order chi connectivity index (χ1) is 13.9. The van der Waals surface area contributed by atoms with Crippen LogP contribution in [-0.2, 0) is 10.3 Å². The quantitative estimate of drug-likeness (QED) is 0.680. The Bertz CT molecular complexity index is 933. The van der Waals surface area contributed by atoms with Crippen molar-refractivity contribution in [3.05, 3.63) is 53.1 Å². The van der Waals surface area contributed by atoms with Crippen LogP contribution in [0.1, 0.15) is 31.2 Å². The highest BCUT2D eigenvalue weighted by Gasteiger charge is 2.44. The van der Waals surface area contributed by atoms with Crippen molar-refractivity contribution in [2.24, 2.45) is 0 Å². The number of carboxylic acids is 1. The van der Waals surface area contributed by atoms with Crippen molar-refractivity contribution in [1.82, 2.24) is 5.32 Å². The minimum Gasteiger partial charge on any atom is -0.490 e. The van der Waals surface area contributed by atoms with Crippen LogP contribution in [0.15, 0.2) is 42.5 Å². The lowest BCUT2D eigenvalue weighted by Crippen LogP contribution is -2.55. The summed E-state index contributed by atoms with van der Waals surface area (Å²) in [5.41, 5.74) is 1.13. The predicted octanol–water partition coefficient (Wildman–Crippen LogP) is 4.16. The summed E-state index contributed by atoms with van der Waals surface area (Å²) in [7, 11) is 0. The number of rotatable bonds is 5. The minimum absolute atomic E-state index is 0.0835. The number of carboxylic acid groups (broad SMARTS) is 1. The highest BCUT2D eigenvalue weighted by Crippen LogP contribution is 2.45. The molecule has 0 bridgehead atoms. The van der Waals surface area contributed by atoms with Gasteiger partial charge < -0.3 is 25.2 Å². The summed E-state index contributed by atoms with van der Waals surface area (Å²) in [5, 5.41) is 15.1. The van der Waals surface area contributed by atoms with Crippen molar-refractivity contribution in [2.45, 2.75) is 37.3 Å². The van der Waals surface area contributed by atoms with E-state index in [0.717, 1.165) is 24.8 Å². The first-order valence-corrected chi connectivity index (χ1v) is 9.82. The summed E-state index contributed by atoms with van der Waals surface area (Å²) >= 11 is 6.31. The van der Waals surface area contributed by atoms with E-state index >= 15 is 0 Å². The number of carbonyl (C=O) groups is 2. The van der Waals surface area contributed by atoms with Gasteiger partial charge in [-0.2, -0.15) is 0 Å². The second-order valence-corrected chi connectivity index (χ2v) is 7.72. The molecule has 1 saturated carbocycles. The predicted molar refractivity (Wildman–Crippen MR) is 108 cm³/mol. The summed E-state index contributed by atoms with van der Waals surface area (Å²) < 4.78 is 11.3. The number of fused-ring (bicyclic) bond motifs is 2. The van der Waals surface area contributed by atoms with Gasteiger partial charge in [-0.25, -0.2) is 9.59 Å². The number of carbonyl (C=O) groups excluding carboxylic acids is 1. The van der Waals surface area contributed by atoms with E-state index in [1.54, 1.807) is 30.3 Å². The molecule has 2 unspecified atom stereocenters. The zero-order valence-electron chi connectivity index (χ0n) is 15.6. The summed E-state index contributed by atoms with van der Waals surface area (Å²) in [6.45, 7) is -0.388. The molecular formula is C21H21ClN2O5. The molecule has 0 saturated heterocycles. The first kappa shape index (κ1) is 19.4. The third-order valence-electron chi connectivity index (χ3n) is 5.32. The maximum Gasteiger partial charge on any atom is 0.341 e. The lowest BCUT2D eigenvalue weighted by Gasteiger charge is -2.45. The van der Waals surface area contributed by atoms with Crippen molar-refractivity contribution in [2.75, 3.05) is 11.9 Å². The molecule has 1 fully saturated rings. The van der Waals surface area contributed by atoms with Gasteiger partial charge in [0, 0.05) is 12.0 Å². The molecule has 2 atom stereocenters. The number of benzene rings is 2. The van der Waals surface area contributed by atoms with E-state index in [4.69, 9.17) is 26.2 Å². The number of amides is 2. The number of ether oxygens (including phenoxy) is 2. The lowest BCUT2D eigenvalue weighted by atomic mass is 9.74. The van der Waals surface area contributed by atoms with Crippen LogP contribution in [0.5, 0.6) is 11.5 Å². The zero-order chi connectivity index (χ0) is 20.4. The molecule has 1 spiro atoms. The van der Waals surface area contributed by atoms with Crippen LogP contribution in [0.25, 0.3) is 0 Å². The molecule has 0 aromatic heterocycles. The number of para-hydroxylation sites is 1. The van der Waals surface area contributed by atoms with Gasteiger partial charge in [-0.05, 0) is 49.6 Å². The number of urea groups is 1. The van der Waals surface area contributed by atoms with Gasteiger partial charge in [-0.1, -0.05) is 23.7 Å². The van der Waals surface area contributed by atoms with Gasteiger partial charge in [0.2, 0.25) is 0 Å². The Morgan fingerprint density at radius 3 is 2.72 bits per heavy atom. The van der Waals surface area contributed by atoms with Crippen molar-refractivity contribution in [1.29, 1.82) is 0 Å². The largest absolute Gasteiger partial charge is 0.490 e. The molecular weight excluding hydrogens is 396 g/mol. The molecule has 0 radical (unpaired) electrons. The van der Waals surface area contributed by atoms with Crippen molar-refractivity contribution in [3.8, 4) is 11.5 Å². The van der Waals surface area contributed by atoms with Crippen LogP contribution < -0.4 is 20.1 Å². The maximum absolute atomic E-state index is 12.3. The van der Waals surface area contributed by atoms with Crippen LogP contribution in [0.2, 0.25) is 5.02 Å². The maximum atomic E-state index is 12.3. The van der Waals surface area contributed by atoms with Crippen LogP contribution in [-0.4, -0.2) is 29.8 Å². The van der Waals surface area contributed by atoms with E-state index in [1.165, 1.54) is 0 Å². The topological polar surface area (TPSA) is 96.9 Å². The smallest absolute Gasteiger partial charge is 0.341 e. The molecule has 8 heteroatoms. The zero-order valence-corrected chi connectivity index (χ0v) is 16.4. The molecule has 1 aliphatic carbocycles. The highest BCUT2D eigenvalue weighted by atomic mass is 35.5. The average molecular weight is 417 g/mol. The summed E-state index contributed by atoms with van der Waals surface area (Å²) in [4.78, 5) is 22.9. The normalized spacial score (nSPS) is 22.9. The molecule has 4 rings (SSSR count). The lowest BCUT2D eigenvalue weighted by molar-refractivity contribution is -0.139. The highest BCUT2D eigenvalue weighted by molar-refractivity contribution is 6.34. The SMILES string of the molecule is O=C(O)COc1ccc(OC2CCCC3(C2)NC(=O)Nc2c(Cl)cccc23)cc1. The third-order valence-corrected chi connectivity index (χ3v) is 5.63. The van der Waals surface area contributed by atoms with E-state index < -0.39 is 11.5 Å². The molecule has 3 N–H and O–H groups in total. The van der Waals surface area contributed by atoms with Gasteiger partial charge in [0.1, 0.15) is 17.6 Å². The summed E-state index contributed by atoms with van der Waals surface area (Å²) in [6.07, 6.45) is 3.13. The second-order valence-electron chi connectivity index (χ2n) is 7.31. The molecule has 1 heterocycles. The average Bonchev–Trinajstić information content (AvgIpc) is 2.68. The van der Waals surface area contributed by atoms with Gasteiger partial charge in [0.15, 0.2) is 6.61 Å². The van der Waals surface area contributed by atoms with Gasteiger partial charge in [0.25, 0.3) is 0 Å². The van der Waals surface area contributed by atoms with Gasteiger partial charge in [0.05, 0.1) is 16.2 Å². The molecule has 1 aliphatic heterocycles. The Hall–Kier alpha value is -2.93. The number of nitrogens with one attached hydrogen (secondary N) is 2. The van der Waals surface area contributed by atoms with Crippen LogP contribution >= 0.6 is 11.6 Å². The molecule has 2 amide bonds. The number of hydrogen-bond acceptors (Lipinski definition) is 4. The van der Waals surface area contributed by atoms with Gasteiger partial charge in [-0.15, -0.1) is 0 Å². The molecule has 152 valence electrons. The molecule has 29 heavy (non-hydrogen) atoms. The van der Waals surface area contributed by atoms with Crippen LogP contribution in [0.4, 0.5) is 10.5 Å². The Labute approximate surface area is 173 Å². The fraction of sp³-hybridized carbons (Fsp3) is 0.333. The fourth-order valence-corrected chi connectivity index (χ4v) is 4.34. The number of aliphatic carboxylic acids is 1. The van der Waals surface area contributed by atoms with E-state index in [2.05, 4.69) is 10.6 Å². The van der Waals surface area contributed by atoms with Crippen molar-refractivity contribution >= 4 is 29.3 Å². The third kappa shape index (κ3) is 4.10.